The molecule has 0 saturated carbocycles. The number of rotatable bonds is 13. The van der Waals surface area contributed by atoms with Crippen molar-refractivity contribution in [1.82, 2.24) is 20.0 Å². The van der Waals surface area contributed by atoms with E-state index in [0.717, 1.165) is 40.7 Å². The summed E-state index contributed by atoms with van der Waals surface area (Å²) in [6.45, 7) is 9.02. The standard InChI is InChI=1S/C49H49FN4O5/c1-49(2,3)48(57)59-40-22-16-35(17-23-40)31-38(37-9-5-4-6-10-37)19-13-34-14-20-39(21-15-34)58-30-29-53-25-27-54(28-26-53)47(56)43-32-36(18-24-44(43)50)33-45-41-11-7-8-12-42(41)46(55)52-51-45/h4-12,14-18,20-24,31-32H,13,19,25-30,33H2,1-3H3,(H,52,55). The van der Waals surface area contributed by atoms with Gasteiger partial charge in [-0.25, -0.2) is 9.49 Å². The summed E-state index contributed by atoms with van der Waals surface area (Å²) in [4.78, 5) is 42.0. The average Bonchev–Trinajstić information content (AvgIpc) is 3.25. The molecule has 1 saturated heterocycles. The summed E-state index contributed by atoms with van der Waals surface area (Å²) < 4.78 is 26.6. The molecule has 6 aromatic rings. The van der Waals surface area contributed by atoms with Gasteiger partial charge >= 0.3 is 5.97 Å². The Hall–Kier alpha value is -6.39. The molecule has 9 nitrogen and oxygen atoms in total. The molecule has 10 heteroatoms. The zero-order valence-electron chi connectivity index (χ0n) is 33.7. The number of aromatic nitrogens is 2. The lowest BCUT2D eigenvalue weighted by Crippen LogP contribution is -2.49. The normalized spacial score (nSPS) is 13.7. The van der Waals surface area contributed by atoms with Gasteiger partial charge in [0.2, 0.25) is 0 Å². The van der Waals surface area contributed by atoms with Crippen molar-refractivity contribution in [1.29, 1.82) is 0 Å². The number of fused-ring (bicyclic) bond motifs is 1. The maximum Gasteiger partial charge on any atom is 0.316 e. The number of benzene rings is 5. The second-order valence-electron chi connectivity index (χ2n) is 15.9. The Bertz CT molecular complexity index is 2480. The zero-order chi connectivity index (χ0) is 41.4. The molecule has 1 aromatic heterocycles. The van der Waals surface area contributed by atoms with Gasteiger partial charge in [-0.1, -0.05) is 84.9 Å². The number of H-pyrrole nitrogens is 1. The van der Waals surface area contributed by atoms with Gasteiger partial charge in [-0.15, -0.1) is 0 Å². The first kappa shape index (κ1) is 40.8. The number of carbonyl (C=O) groups excluding carboxylic acids is 2. The minimum Gasteiger partial charge on any atom is -0.492 e. The Balaban J connectivity index is 0.880. The summed E-state index contributed by atoms with van der Waals surface area (Å²) in [5.74, 6) is 0.177. The second kappa shape index (κ2) is 18.5. The third-order valence-corrected chi connectivity index (χ3v) is 10.5. The maximum atomic E-state index is 15.0. The molecule has 1 N–H and O–H groups in total. The molecular formula is C49H49FN4O5. The van der Waals surface area contributed by atoms with Crippen molar-refractivity contribution >= 4 is 34.3 Å². The predicted octanol–water partition coefficient (Wildman–Crippen LogP) is 8.61. The Morgan fingerprint density at radius 2 is 1.46 bits per heavy atom. The third kappa shape index (κ3) is 10.6. The van der Waals surface area contributed by atoms with Gasteiger partial charge < -0.3 is 14.4 Å². The number of allylic oxidation sites excluding steroid dienone is 1. The van der Waals surface area contributed by atoms with Crippen molar-refractivity contribution in [3.05, 3.63) is 171 Å². The molecule has 0 radical (unpaired) electrons. The molecular weight excluding hydrogens is 744 g/mol. The van der Waals surface area contributed by atoms with E-state index in [0.29, 0.717) is 62.6 Å². The van der Waals surface area contributed by atoms with E-state index in [-0.39, 0.29) is 23.0 Å². The molecule has 7 rings (SSSR count). The van der Waals surface area contributed by atoms with Gasteiger partial charge in [0.25, 0.3) is 11.5 Å². The highest BCUT2D eigenvalue weighted by Crippen LogP contribution is 2.27. The number of amides is 1. The van der Waals surface area contributed by atoms with E-state index in [1.54, 1.807) is 29.2 Å². The molecule has 1 amide bonds. The number of aryl methyl sites for hydroxylation is 1. The Kier molecular flexibility index (Phi) is 12.8. The first-order chi connectivity index (χ1) is 28.5. The fraction of sp³-hybridized carbons (Fsp3) is 0.265. The van der Waals surface area contributed by atoms with Crippen LogP contribution < -0.4 is 15.0 Å². The van der Waals surface area contributed by atoms with E-state index in [9.17, 15) is 18.8 Å². The van der Waals surface area contributed by atoms with Crippen LogP contribution in [0.3, 0.4) is 0 Å². The first-order valence-electron chi connectivity index (χ1n) is 20.1. The van der Waals surface area contributed by atoms with Crippen molar-refractivity contribution in [2.45, 2.75) is 40.0 Å². The average molecular weight is 793 g/mol. The van der Waals surface area contributed by atoms with Crippen LogP contribution in [0.2, 0.25) is 0 Å². The lowest BCUT2D eigenvalue weighted by Gasteiger charge is -2.34. The number of aromatic amines is 1. The fourth-order valence-corrected chi connectivity index (χ4v) is 7.06. The van der Waals surface area contributed by atoms with Gasteiger partial charge in [-0.2, -0.15) is 5.10 Å². The number of piperazine rings is 1. The van der Waals surface area contributed by atoms with Gasteiger partial charge in [-0.05, 0) is 104 Å². The molecule has 0 unspecified atom stereocenters. The van der Waals surface area contributed by atoms with Gasteiger partial charge in [0, 0.05) is 44.5 Å². The molecule has 2 heterocycles. The summed E-state index contributed by atoms with van der Waals surface area (Å²) in [6.07, 6.45) is 4.22. The molecule has 302 valence electrons. The van der Waals surface area contributed by atoms with E-state index in [2.05, 4.69) is 45.4 Å². The van der Waals surface area contributed by atoms with E-state index in [1.807, 2.05) is 87.5 Å². The Morgan fingerprint density at radius 1 is 0.797 bits per heavy atom. The van der Waals surface area contributed by atoms with Crippen LogP contribution in [-0.4, -0.2) is 71.2 Å². The summed E-state index contributed by atoms with van der Waals surface area (Å²) in [7, 11) is 0. The third-order valence-electron chi connectivity index (χ3n) is 10.5. The molecule has 0 bridgehead atoms. The number of nitrogens with one attached hydrogen (secondary N) is 1. The molecule has 0 atom stereocenters. The van der Waals surface area contributed by atoms with Crippen LogP contribution in [0.15, 0.2) is 126 Å². The Morgan fingerprint density at radius 3 is 2.17 bits per heavy atom. The molecule has 1 fully saturated rings. The van der Waals surface area contributed by atoms with E-state index < -0.39 is 11.2 Å². The van der Waals surface area contributed by atoms with Crippen LogP contribution in [0.1, 0.15) is 65.5 Å². The zero-order valence-corrected chi connectivity index (χ0v) is 33.7. The second-order valence-corrected chi connectivity index (χ2v) is 15.9. The highest BCUT2D eigenvalue weighted by atomic mass is 19.1. The van der Waals surface area contributed by atoms with Crippen LogP contribution >= 0.6 is 0 Å². The minimum atomic E-state index is -0.573. The smallest absolute Gasteiger partial charge is 0.316 e. The van der Waals surface area contributed by atoms with Crippen molar-refractivity contribution < 1.29 is 23.5 Å². The van der Waals surface area contributed by atoms with Crippen LogP contribution in [0.4, 0.5) is 4.39 Å². The Labute approximate surface area is 344 Å². The van der Waals surface area contributed by atoms with E-state index >= 15 is 0 Å². The quantitative estimate of drug-likeness (QED) is 0.0710. The number of hydrogen-bond donors (Lipinski definition) is 1. The van der Waals surface area contributed by atoms with Crippen molar-refractivity contribution in [3.63, 3.8) is 0 Å². The number of halogens is 1. The number of carbonyl (C=O) groups is 2. The molecule has 1 aliphatic heterocycles. The van der Waals surface area contributed by atoms with Gasteiger partial charge in [-0.3, -0.25) is 19.3 Å². The van der Waals surface area contributed by atoms with Gasteiger partial charge in [0.15, 0.2) is 0 Å². The monoisotopic (exact) mass is 792 g/mol. The highest BCUT2D eigenvalue weighted by Gasteiger charge is 2.25. The topological polar surface area (TPSA) is 105 Å². The van der Waals surface area contributed by atoms with Crippen LogP contribution in [0.5, 0.6) is 11.5 Å². The van der Waals surface area contributed by atoms with Gasteiger partial charge in [0.1, 0.15) is 23.9 Å². The number of ether oxygens (including phenoxy) is 2. The van der Waals surface area contributed by atoms with Crippen molar-refractivity contribution in [2.24, 2.45) is 5.41 Å². The lowest BCUT2D eigenvalue weighted by molar-refractivity contribution is -0.143. The summed E-state index contributed by atoms with van der Waals surface area (Å²) in [5.41, 5.74) is 5.19. The molecule has 0 spiro atoms. The number of esters is 1. The molecule has 1 aliphatic rings. The maximum absolute atomic E-state index is 15.0. The highest BCUT2D eigenvalue weighted by molar-refractivity contribution is 5.95. The lowest BCUT2D eigenvalue weighted by atomic mass is 9.96. The summed E-state index contributed by atoms with van der Waals surface area (Å²) in [6, 6.07) is 38.0. The molecule has 0 aliphatic carbocycles. The van der Waals surface area contributed by atoms with E-state index in [1.165, 1.54) is 17.2 Å². The van der Waals surface area contributed by atoms with Gasteiger partial charge in [0.05, 0.1) is 22.1 Å². The van der Waals surface area contributed by atoms with Crippen molar-refractivity contribution in [2.75, 3.05) is 39.3 Å². The van der Waals surface area contributed by atoms with Crippen LogP contribution in [0, 0.1) is 11.2 Å². The predicted molar refractivity (Wildman–Crippen MR) is 230 cm³/mol. The molecule has 5 aromatic carbocycles. The van der Waals surface area contributed by atoms with Crippen molar-refractivity contribution in [3.8, 4) is 11.5 Å². The largest absolute Gasteiger partial charge is 0.492 e. The first-order valence-corrected chi connectivity index (χ1v) is 20.1. The summed E-state index contributed by atoms with van der Waals surface area (Å²) >= 11 is 0. The van der Waals surface area contributed by atoms with E-state index in [4.69, 9.17) is 9.47 Å². The fourth-order valence-electron chi connectivity index (χ4n) is 7.06. The molecule has 59 heavy (non-hydrogen) atoms. The summed E-state index contributed by atoms with van der Waals surface area (Å²) in [5, 5.41) is 8.04. The van der Waals surface area contributed by atoms with Crippen LogP contribution in [-0.2, 0) is 17.6 Å². The number of hydrogen-bond acceptors (Lipinski definition) is 7. The van der Waals surface area contributed by atoms with Crippen LogP contribution in [0.25, 0.3) is 22.4 Å². The SMILES string of the molecule is CC(C)(C)C(=O)Oc1ccc(C=C(CCc2ccc(OCCN3CCN(C(=O)c4cc(Cc5n[nH]c(=O)c6ccccc56)ccc4F)CC3)cc2)c2ccccc2)cc1. The number of nitrogens with zero attached hydrogens (tertiary/aromatic N) is 3. The minimum absolute atomic E-state index is 0.0377.